The number of hydrogen-bond acceptors (Lipinski definition) is 1. The van der Waals surface area contributed by atoms with Gasteiger partial charge < -0.3 is 9.47 Å². The van der Waals surface area contributed by atoms with Crippen molar-refractivity contribution < 1.29 is 0 Å². The number of fused-ring (bicyclic) bond motifs is 4. The van der Waals surface area contributed by atoms with Crippen molar-refractivity contribution in [3.05, 3.63) is 70.9 Å². The van der Waals surface area contributed by atoms with Crippen LogP contribution in [0.5, 0.6) is 0 Å². The van der Waals surface area contributed by atoms with E-state index in [1.807, 2.05) is 0 Å². The molecule has 0 unspecified atom stereocenters. The average Bonchev–Trinajstić information content (AvgIpc) is 2.91. The molecule has 2 aromatic carbocycles. The van der Waals surface area contributed by atoms with Crippen LogP contribution in [0.15, 0.2) is 48.5 Å². The first kappa shape index (κ1) is 15.5. The molecule has 24 heavy (non-hydrogen) atoms. The lowest BCUT2D eigenvalue weighted by Crippen LogP contribution is -2.25. The van der Waals surface area contributed by atoms with Crippen molar-refractivity contribution >= 4 is 10.9 Å². The Kier molecular flexibility index (Phi) is 4.15. The smallest absolute Gasteiger partial charge is 0.0485 e. The lowest BCUT2D eigenvalue weighted by molar-refractivity contribution is 0.341. The van der Waals surface area contributed by atoms with Gasteiger partial charge in [-0.25, -0.2) is 0 Å². The van der Waals surface area contributed by atoms with Crippen LogP contribution in [0.4, 0.5) is 0 Å². The van der Waals surface area contributed by atoms with E-state index in [2.05, 4.69) is 72.0 Å². The summed E-state index contributed by atoms with van der Waals surface area (Å²) in [7, 11) is 2.25. The van der Waals surface area contributed by atoms with Gasteiger partial charge in [0.25, 0.3) is 0 Å². The van der Waals surface area contributed by atoms with Crippen molar-refractivity contribution in [2.75, 3.05) is 20.1 Å². The van der Waals surface area contributed by atoms with Gasteiger partial charge in [-0.1, -0.05) is 42.5 Å². The molecule has 0 amide bonds. The minimum Gasteiger partial charge on any atom is -0.344 e. The van der Waals surface area contributed by atoms with Crippen molar-refractivity contribution in [3.63, 3.8) is 0 Å². The van der Waals surface area contributed by atoms with Gasteiger partial charge in [0.2, 0.25) is 0 Å². The van der Waals surface area contributed by atoms with Gasteiger partial charge in [-0.15, -0.1) is 0 Å². The summed E-state index contributed by atoms with van der Waals surface area (Å²) in [6.45, 7) is 5.57. The third-order valence-corrected chi connectivity index (χ3v) is 5.49. The number of nitrogens with zero attached hydrogens (tertiary/aromatic N) is 2. The molecule has 0 radical (unpaired) electrons. The zero-order chi connectivity index (χ0) is 16.5. The molecule has 0 fully saturated rings. The standard InChI is InChI=1S/C22H26N2/c1-3-24-21-11-7-6-10-19(21)20-13-15-23(2)14-12-17-8-4-5-9-18(17)16-22(20)24/h4-11H,3,12-16H2,1-2H3. The molecule has 2 heterocycles. The normalized spacial score (nSPS) is 15.9. The molecule has 0 saturated carbocycles. The summed E-state index contributed by atoms with van der Waals surface area (Å²) in [6.07, 6.45) is 3.34. The fourth-order valence-electron chi connectivity index (χ4n) is 4.15. The molecule has 0 bridgehead atoms. The van der Waals surface area contributed by atoms with Crippen LogP contribution in [-0.2, 0) is 25.8 Å². The number of para-hydroxylation sites is 1. The first-order chi connectivity index (χ1) is 11.8. The van der Waals surface area contributed by atoms with Gasteiger partial charge in [-0.2, -0.15) is 0 Å². The molecular weight excluding hydrogens is 292 g/mol. The van der Waals surface area contributed by atoms with Crippen molar-refractivity contribution in [2.45, 2.75) is 32.7 Å². The second-order valence-corrected chi connectivity index (χ2v) is 6.94. The van der Waals surface area contributed by atoms with Crippen molar-refractivity contribution in [3.8, 4) is 0 Å². The molecule has 0 N–H and O–H groups in total. The van der Waals surface area contributed by atoms with E-state index < -0.39 is 0 Å². The Morgan fingerprint density at radius 1 is 0.875 bits per heavy atom. The molecular formula is C22H26N2. The molecule has 0 saturated heterocycles. The molecule has 0 aliphatic carbocycles. The number of aromatic nitrogens is 1. The summed E-state index contributed by atoms with van der Waals surface area (Å²) in [6, 6.07) is 17.9. The molecule has 124 valence electrons. The zero-order valence-corrected chi connectivity index (χ0v) is 14.8. The third-order valence-electron chi connectivity index (χ3n) is 5.49. The predicted molar refractivity (Wildman–Crippen MR) is 102 cm³/mol. The van der Waals surface area contributed by atoms with Crippen LogP contribution in [0.1, 0.15) is 29.3 Å². The fourth-order valence-corrected chi connectivity index (χ4v) is 4.15. The average molecular weight is 318 g/mol. The van der Waals surface area contributed by atoms with Crippen LogP contribution in [0, 0.1) is 0 Å². The monoisotopic (exact) mass is 318 g/mol. The molecule has 1 aromatic heterocycles. The second kappa shape index (κ2) is 6.45. The van der Waals surface area contributed by atoms with Crippen LogP contribution < -0.4 is 0 Å². The van der Waals surface area contributed by atoms with E-state index in [1.165, 1.54) is 27.7 Å². The Labute approximate surface area is 144 Å². The first-order valence-corrected chi connectivity index (χ1v) is 9.12. The minimum atomic E-state index is 1.04. The highest BCUT2D eigenvalue weighted by Crippen LogP contribution is 2.30. The predicted octanol–water partition coefficient (Wildman–Crippen LogP) is 4.28. The first-order valence-electron chi connectivity index (χ1n) is 9.12. The summed E-state index contributed by atoms with van der Waals surface area (Å²) in [5, 5.41) is 1.45. The number of rotatable bonds is 1. The molecule has 4 rings (SSSR count). The van der Waals surface area contributed by atoms with E-state index in [4.69, 9.17) is 0 Å². The Bertz CT molecular complexity index is 860. The van der Waals surface area contributed by atoms with Crippen molar-refractivity contribution in [2.24, 2.45) is 0 Å². The summed E-state index contributed by atoms with van der Waals surface area (Å²) in [5.74, 6) is 0. The van der Waals surface area contributed by atoms with Gasteiger partial charge in [-0.05, 0) is 49.6 Å². The lowest BCUT2D eigenvalue weighted by Gasteiger charge is -2.21. The SMILES string of the molecule is CCn1c2c(c3ccccc31)CCN(C)CCc1ccccc1C2. The maximum Gasteiger partial charge on any atom is 0.0485 e. The Balaban J connectivity index is 1.93. The number of aryl methyl sites for hydroxylation is 1. The van der Waals surface area contributed by atoms with Gasteiger partial charge in [0.1, 0.15) is 0 Å². The Hall–Kier alpha value is -2.06. The van der Waals surface area contributed by atoms with Crippen molar-refractivity contribution in [1.82, 2.24) is 9.47 Å². The Morgan fingerprint density at radius 2 is 1.58 bits per heavy atom. The van der Waals surface area contributed by atoms with Crippen LogP contribution in [0.25, 0.3) is 10.9 Å². The summed E-state index contributed by atoms with van der Waals surface area (Å²) < 4.78 is 2.53. The highest BCUT2D eigenvalue weighted by molar-refractivity contribution is 5.85. The summed E-state index contributed by atoms with van der Waals surface area (Å²) >= 11 is 0. The fraction of sp³-hybridized carbons (Fsp3) is 0.364. The Morgan fingerprint density at radius 3 is 2.42 bits per heavy atom. The molecule has 1 aliphatic heterocycles. The molecule has 3 aromatic rings. The quantitative estimate of drug-likeness (QED) is 0.650. The number of benzene rings is 2. The van der Waals surface area contributed by atoms with Crippen LogP contribution >= 0.6 is 0 Å². The molecule has 0 spiro atoms. The largest absolute Gasteiger partial charge is 0.344 e. The van der Waals surface area contributed by atoms with E-state index in [1.54, 1.807) is 5.56 Å². The van der Waals surface area contributed by atoms with Crippen LogP contribution in [-0.4, -0.2) is 29.6 Å². The number of hydrogen-bond donors (Lipinski definition) is 0. The summed E-state index contributed by atoms with van der Waals surface area (Å²) in [5.41, 5.74) is 7.46. The highest BCUT2D eigenvalue weighted by atomic mass is 15.1. The van der Waals surface area contributed by atoms with E-state index in [-0.39, 0.29) is 0 Å². The highest BCUT2D eigenvalue weighted by Gasteiger charge is 2.19. The minimum absolute atomic E-state index is 1.04. The topological polar surface area (TPSA) is 8.17 Å². The van der Waals surface area contributed by atoms with Gasteiger partial charge in [0.05, 0.1) is 0 Å². The molecule has 1 aliphatic rings. The maximum atomic E-state index is 2.53. The molecule has 0 atom stereocenters. The third kappa shape index (κ3) is 2.65. The van der Waals surface area contributed by atoms with E-state index in [0.717, 1.165) is 38.9 Å². The lowest BCUT2D eigenvalue weighted by atomic mass is 9.96. The summed E-state index contributed by atoms with van der Waals surface area (Å²) in [4.78, 5) is 2.48. The van der Waals surface area contributed by atoms with E-state index in [9.17, 15) is 0 Å². The van der Waals surface area contributed by atoms with Crippen LogP contribution in [0.2, 0.25) is 0 Å². The molecule has 2 heteroatoms. The van der Waals surface area contributed by atoms with E-state index in [0.29, 0.717) is 0 Å². The zero-order valence-electron chi connectivity index (χ0n) is 14.8. The maximum absolute atomic E-state index is 2.53. The van der Waals surface area contributed by atoms with Crippen LogP contribution in [0.3, 0.4) is 0 Å². The van der Waals surface area contributed by atoms with Gasteiger partial charge in [0, 0.05) is 42.7 Å². The van der Waals surface area contributed by atoms with E-state index >= 15 is 0 Å². The molecule has 2 nitrogen and oxygen atoms in total. The second-order valence-electron chi connectivity index (χ2n) is 6.94. The van der Waals surface area contributed by atoms with Gasteiger partial charge >= 0.3 is 0 Å². The number of likely N-dealkylation sites (N-methyl/N-ethyl adjacent to an activating group) is 1. The van der Waals surface area contributed by atoms with Gasteiger partial charge in [0.15, 0.2) is 0 Å². The van der Waals surface area contributed by atoms with Gasteiger partial charge in [-0.3, -0.25) is 0 Å². The van der Waals surface area contributed by atoms with Crippen molar-refractivity contribution in [1.29, 1.82) is 0 Å².